The Morgan fingerprint density at radius 2 is 1.12 bits per heavy atom. The van der Waals surface area contributed by atoms with Gasteiger partial charge in [-0.1, -0.05) is 38.8 Å². The van der Waals surface area contributed by atoms with Crippen LogP contribution in [0.5, 0.6) is 0 Å². The van der Waals surface area contributed by atoms with Crippen LogP contribution in [0, 0.1) is 0 Å². The van der Waals surface area contributed by atoms with E-state index in [1.807, 2.05) is 41.5 Å². The Morgan fingerprint density at radius 3 is 1.42 bits per heavy atom. The van der Waals surface area contributed by atoms with E-state index < -0.39 is 23.1 Å². The molecule has 0 aromatic heterocycles. The van der Waals surface area contributed by atoms with Crippen molar-refractivity contribution in [1.82, 2.24) is 0 Å². The summed E-state index contributed by atoms with van der Waals surface area (Å²) in [5.41, 5.74) is -1.09. The third kappa shape index (κ3) is 7.14. The molecule has 0 N–H and O–H groups in total. The monoisotopic (exact) mass is 366 g/mol. The van der Waals surface area contributed by atoms with Gasteiger partial charge >= 0.3 is 11.9 Å². The lowest BCUT2D eigenvalue weighted by molar-refractivity contribution is -0.309. The highest BCUT2D eigenvalue weighted by Crippen LogP contribution is 2.21. The first kappa shape index (κ1) is 22.1. The van der Waals surface area contributed by atoms with Gasteiger partial charge in [0.2, 0.25) is 0 Å². The lowest BCUT2D eigenvalue weighted by atomic mass is 10.0. The standard InChI is InChI=1S/C20H30O6/c1-7-13-19(3,4)25-23-17(21)15-11-9-10-12-16(15)18(22)24-26-20(5,6)14-8-2/h9-12H,7-8,13-14H2,1-6H3. The Balaban J connectivity index is 2.80. The molecule has 0 saturated heterocycles. The SMILES string of the molecule is CCCC(C)(C)OOC(=O)c1ccccc1C(=O)OOC(C)(C)CCC. The number of carbonyl (C=O) groups is 2. The van der Waals surface area contributed by atoms with Crippen LogP contribution >= 0.6 is 0 Å². The zero-order valence-electron chi connectivity index (χ0n) is 16.6. The Labute approximate surface area is 155 Å². The molecule has 0 spiro atoms. The lowest BCUT2D eigenvalue weighted by Gasteiger charge is -2.23. The number of rotatable bonds is 10. The topological polar surface area (TPSA) is 71.1 Å². The predicted molar refractivity (Wildman–Crippen MR) is 97.4 cm³/mol. The Morgan fingerprint density at radius 1 is 0.769 bits per heavy atom. The van der Waals surface area contributed by atoms with Gasteiger partial charge < -0.3 is 0 Å². The summed E-state index contributed by atoms with van der Waals surface area (Å²) in [5, 5.41) is 0. The molecule has 0 unspecified atom stereocenters. The molecular formula is C20H30O6. The lowest BCUT2D eigenvalue weighted by Crippen LogP contribution is -2.28. The van der Waals surface area contributed by atoms with E-state index in [1.54, 1.807) is 12.1 Å². The fourth-order valence-electron chi connectivity index (χ4n) is 2.52. The fraction of sp³-hybridized carbons (Fsp3) is 0.600. The van der Waals surface area contributed by atoms with E-state index in [-0.39, 0.29) is 11.1 Å². The summed E-state index contributed by atoms with van der Waals surface area (Å²) in [7, 11) is 0. The molecule has 0 aliphatic carbocycles. The molecule has 0 atom stereocenters. The number of hydrogen-bond acceptors (Lipinski definition) is 6. The minimum Gasteiger partial charge on any atom is -0.292 e. The zero-order valence-corrected chi connectivity index (χ0v) is 16.6. The molecule has 6 nitrogen and oxygen atoms in total. The molecule has 0 saturated carbocycles. The van der Waals surface area contributed by atoms with Crippen LogP contribution in [0.4, 0.5) is 0 Å². The summed E-state index contributed by atoms with van der Waals surface area (Å²) in [6, 6.07) is 6.22. The van der Waals surface area contributed by atoms with Crippen molar-refractivity contribution in [3.63, 3.8) is 0 Å². The summed E-state index contributed by atoms with van der Waals surface area (Å²) in [6.45, 7) is 11.3. The van der Waals surface area contributed by atoms with Crippen molar-refractivity contribution in [2.75, 3.05) is 0 Å². The summed E-state index contributed by atoms with van der Waals surface area (Å²) in [5.74, 6) is -1.51. The van der Waals surface area contributed by atoms with Crippen molar-refractivity contribution < 1.29 is 29.1 Å². The molecule has 26 heavy (non-hydrogen) atoms. The van der Waals surface area contributed by atoms with Crippen LogP contribution in [0.1, 0.15) is 87.9 Å². The highest BCUT2D eigenvalue weighted by molar-refractivity contribution is 6.02. The maximum absolute atomic E-state index is 12.3. The first-order valence-corrected chi connectivity index (χ1v) is 9.01. The summed E-state index contributed by atoms with van der Waals surface area (Å²) >= 11 is 0. The fourth-order valence-corrected chi connectivity index (χ4v) is 2.52. The molecular weight excluding hydrogens is 336 g/mol. The van der Waals surface area contributed by atoms with Gasteiger partial charge in [0.15, 0.2) is 0 Å². The van der Waals surface area contributed by atoms with Crippen LogP contribution in [-0.4, -0.2) is 23.1 Å². The molecule has 6 heteroatoms. The van der Waals surface area contributed by atoms with Gasteiger partial charge in [0.1, 0.15) is 11.2 Å². The van der Waals surface area contributed by atoms with Crippen molar-refractivity contribution >= 4 is 11.9 Å². The summed E-state index contributed by atoms with van der Waals surface area (Å²) in [4.78, 5) is 45.0. The first-order valence-electron chi connectivity index (χ1n) is 9.01. The molecule has 1 aromatic carbocycles. The number of carbonyl (C=O) groups excluding carboxylic acids is 2. The molecule has 1 rings (SSSR count). The summed E-state index contributed by atoms with van der Waals surface area (Å²) in [6.07, 6.45) is 3.23. The average Bonchev–Trinajstić information content (AvgIpc) is 2.57. The van der Waals surface area contributed by atoms with E-state index in [4.69, 9.17) is 19.6 Å². The average molecular weight is 366 g/mol. The normalized spacial score (nSPS) is 11.9. The van der Waals surface area contributed by atoms with Crippen LogP contribution in [0.3, 0.4) is 0 Å². The third-order valence-electron chi connectivity index (χ3n) is 3.76. The van der Waals surface area contributed by atoms with Gasteiger partial charge in [0.05, 0.1) is 11.1 Å². The molecule has 0 aliphatic heterocycles. The van der Waals surface area contributed by atoms with Crippen molar-refractivity contribution in [2.24, 2.45) is 0 Å². The molecule has 0 bridgehead atoms. The molecule has 0 fully saturated rings. The second kappa shape index (κ2) is 9.69. The largest absolute Gasteiger partial charge is 0.373 e. The van der Waals surface area contributed by atoms with Gasteiger partial charge in [-0.25, -0.2) is 9.59 Å². The van der Waals surface area contributed by atoms with Gasteiger partial charge in [-0.2, -0.15) is 9.78 Å². The van der Waals surface area contributed by atoms with Crippen molar-refractivity contribution in [3.8, 4) is 0 Å². The van der Waals surface area contributed by atoms with Gasteiger partial charge in [-0.15, -0.1) is 0 Å². The van der Waals surface area contributed by atoms with Crippen molar-refractivity contribution in [1.29, 1.82) is 0 Å². The van der Waals surface area contributed by atoms with Gasteiger partial charge in [0, 0.05) is 0 Å². The van der Waals surface area contributed by atoms with Crippen molar-refractivity contribution in [2.45, 2.75) is 78.4 Å². The van der Waals surface area contributed by atoms with E-state index in [2.05, 4.69) is 0 Å². The zero-order chi connectivity index (χ0) is 19.8. The first-order chi connectivity index (χ1) is 12.1. The molecule has 0 radical (unpaired) electrons. The Kier molecular flexibility index (Phi) is 8.24. The number of benzene rings is 1. The molecule has 0 heterocycles. The minimum atomic E-state index is -0.755. The van der Waals surface area contributed by atoms with Gasteiger partial charge in [-0.05, 0) is 52.7 Å². The highest BCUT2D eigenvalue weighted by Gasteiger charge is 2.26. The molecule has 146 valence electrons. The van der Waals surface area contributed by atoms with Crippen LogP contribution in [0.15, 0.2) is 24.3 Å². The number of hydrogen-bond donors (Lipinski definition) is 0. The molecule has 0 amide bonds. The van der Waals surface area contributed by atoms with Crippen molar-refractivity contribution in [3.05, 3.63) is 35.4 Å². The molecule has 0 aliphatic rings. The quantitative estimate of drug-likeness (QED) is 0.428. The van der Waals surface area contributed by atoms with E-state index in [0.717, 1.165) is 25.7 Å². The second-order valence-electron chi connectivity index (χ2n) is 7.47. The van der Waals surface area contributed by atoms with Crippen LogP contribution in [-0.2, 0) is 19.6 Å². The van der Waals surface area contributed by atoms with Crippen LogP contribution < -0.4 is 0 Å². The van der Waals surface area contributed by atoms with E-state index >= 15 is 0 Å². The van der Waals surface area contributed by atoms with E-state index in [0.29, 0.717) is 0 Å². The van der Waals surface area contributed by atoms with E-state index in [1.165, 1.54) is 12.1 Å². The Hall–Kier alpha value is -1.92. The van der Waals surface area contributed by atoms with Crippen LogP contribution in [0.2, 0.25) is 0 Å². The minimum absolute atomic E-state index is 0.0571. The van der Waals surface area contributed by atoms with Gasteiger partial charge in [-0.3, -0.25) is 9.78 Å². The Bertz CT molecular complexity index is 553. The summed E-state index contributed by atoms with van der Waals surface area (Å²) < 4.78 is 0. The maximum Gasteiger partial charge on any atom is 0.373 e. The van der Waals surface area contributed by atoms with E-state index in [9.17, 15) is 9.59 Å². The van der Waals surface area contributed by atoms with Crippen LogP contribution in [0.25, 0.3) is 0 Å². The predicted octanol–water partition coefficient (Wildman–Crippen LogP) is 5.02. The highest BCUT2D eigenvalue weighted by atomic mass is 17.2. The second-order valence-corrected chi connectivity index (χ2v) is 7.47. The third-order valence-corrected chi connectivity index (χ3v) is 3.76. The smallest absolute Gasteiger partial charge is 0.292 e. The molecule has 1 aromatic rings. The van der Waals surface area contributed by atoms with Gasteiger partial charge in [0.25, 0.3) is 0 Å². The maximum atomic E-state index is 12.3.